The van der Waals surface area contributed by atoms with Crippen LogP contribution in [-0.2, 0) is 0 Å². The van der Waals surface area contributed by atoms with Crippen LogP contribution in [0.4, 0.5) is 0 Å². The molecule has 2 rings (SSSR count). The third-order valence-corrected chi connectivity index (χ3v) is 3.70. The maximum atomic E-state index is 12.1. The number of hydrogen-bond acceptors (Lipinski definition) is 3. The minimum Gasteiger partial charge on any atom is -0.333 e. The number of amides is 1. The topological polar surface area (TPSA) is 32.3 Å². The molecule has 1 aromatic rings. The van der Waals surface area contributed by atoms with Gasteiger partial charge in [-0.25, -0.2) is 0 Å². The number of hydrogen-bond donors (Lipinski definition) is 1. The lowest BCUT2D eigenvalue weighted by atomic mass is 10.2. The minimum absolute atomic E-state index is 0. The molecule has 0 aliphatic carbocycles. The average molecular weight is 261 g/mol. The highest BCUT2D eigenvalue weighted by molar-refractivity contribution is 7.13. The van der Waals surface area contributed by atoms with E-state index in [0.29, 0.717) is 6.04 Å². The average Bonchev–Trinajstić information content (AvgIpc) is 2.65. The fraction of sp³-hybridized carbons (Fsp3) is 0.545. The fourth-order valence-corrected chi connectivity index (χ4v) is 2.66. The highest BCUT2D eigenvalue weighted by Crippen LogP contribution is 2.18. The second-order valence-corrected chi connectivity index (χ2v) is 5.25. The third-order valence-electron chi connectivity index (χ3n) is 2.71. The van der Waals surface area contributed by atoms with Crippen LogP contribution >= 0.6 is 23.7 Å². The van der Waals surface area contributed by atoms with Gasteiger partial charge < -0.3 is 10.2 Å². The van der Waals surface area contributed by atoms with Crippen LogP contribution in [0.2, 0.25) is 0 Å². The molecule has 5 heteroatoms. The van der Waals surface area contributed by atoms with E-state index in [1.54, 1.807) is 11.3 Å². The molecule has 2 heterocycles. The predicted octanol–water partition coefficient (Wildman–Crippen LogP) is 1.91. The molecule has 3 nitrogen and oxygen atoms in total. The lowest BCUT2D eigenvalue weighted by Crippen LogP contribution is -2.52. The number of carbonyl (C=O) groups is 1. The summed E-state index contributed by atoms with van der Waals surface area (Å²) in [6, 6.07) is 4.23. The van der Waals surface area contributed by atoms with E-state index in [9.17, 15) is 4.79 Å². The van der Waals surface area contributed by atoms with Crippen molar-refractivity contribution in [3.8, 4) is 0 Å². The van der Waals surface area contributed by atoms with Crippen molar-refractivity contribution in [1.82, 2.24) is 10.2 Å². The molecule has 0 spiro atoms. The van der Waals surface area contributed by atoms with Gasteiger partial charge in [0.25, 0.3) is 5.91 Å². The van der Waals surface area contributed by atoms with Crippen molar-refractivity contribution in [3.05, 3.63) is 21.9 Å². The molecule has 0 radical (unpaired) electrons. The summed E-state index contributed by atoms with van der Waals surface area (Å²) in [5.41, 5.74) is 0. The Morgan fingerprint density at radius 1 is 1.56 bits per heavy atom. The van der Waals surface area contributed by atoms with E-state index in [0.717, 1.165) is 24.5 Å². The highest BCUT2D eigenvalue weighted by atomic mass is 35.5. The summed E-state index contributed by atoms with van der Waals surface area (Å²) in [6.45, 7) is 6.74. The molecule has 1 atom stereocenters. The van der Waals surface area contributed by atoms with Crippen LogP contribution in [0.25, 0.3) is 0 Å². The summed E-state index contributed by atoms with van der Waals surface area (Å²) in [5.74, 6) is 0.183. The van der Waals surface area contributed by atoms with Crippen LogP contribution in [0.15, 0.2) is 12.1 Å². The van der Waals surface area contributed by atoms with E-state index in [4.69, 9.17) is 0 Å². The summed E-state index contributed by atoms with van der Waals surface area (Å²) in [4.78, 5) is 16.1. The minimum atomic E-state index is 0. The second-order valence-electron chi connectivity index (χ2n) is 3.96. The molecule has 0 aromatic carbocycles. The molecule has 0 saturated carbocycles. The monoisotopic (exact) mass is 260 g/mol. The van der Waals surface area contributed by atoms with Gasteiger partial charge in [-0.2, -0.15) is 0 Å². The Morgan fingerprint density at radius 2 is 2.31 bits per heavy atom. The van der Waals surface area contributed by atoms with Gasteiger partial charge in [-0.15, -0.1) is 23.7 Å². The van der Waals surface area contributed by atoms with Crippen LogP contribution in [0.5, 0.6) is 0 Å². The Bertz CT molecular complexity index is 367. The summed E-state index contributed by atoms with van der Waals surface area (Å²) in [6.07, 6.45) is 0. The largest absolute Gasteiger partial charge is 0.333 e. The summed E-state index contributed by atoms with van der Waals surface area (Å²) in [7, 11) is 0. The van der Waals surface area contributed by atoms with Gasteiger partial charge in [-0.3, -0.25) is 4.79 Å². The predicted molar refractivity (Wildman–Crippen MR) is 69.7 cm³/mol. The molecule has 1 fully saturated rings. The smallest absolute Gasteiger partial charge is 0.264 e. The molecule has 1 aliphatic heterocycles. The van der Waals surface area contributed by atoms with Crippen molar-refractivity contribution in [2.45, 2.75) is 19.9 Å². The maximum absolute atomic E-state index is 12.1. The second kappa shape index (κ2) is 5.66. The Morgan fingerprint density at radius 3 is 2.88 bits per heavy atom. The number of aryl methyl sites for hydroxylation is 1. The van der Waals surface area contributed by atoms with Gasteiger partial charge >= 0.3 is 0 Å². The highest BCUT2D eigenvalue weighted by Gasteiger charge is 2.24. The number of nitrogens with one attached hydrogen (secondary N) is 1. The van der Waals surface area contributed by atoms with Gasteiger partial charge in [0.1, 0.15) is 0 Å². The first-order chi connectivity index (χ1) is 7.18. The van der Waals surface area contributed by atoms with Crippen molar-refractivity contribution in [2.24, 2.45) is 0 Å². The molecule has 0 unspecified atom stereocenters. The summed E-state index contributed by atoms with van der Waals surface area (Å²) >= 11 is 1.58. The van der Waals surface area contributed by atoms with Crippen molar-refractivity contribution in [2.75, 3.05) is 19.6 Å². The number of thiophene rings is 1. The molecule has 1 saturated heterocycles. The molecular formula is C11H17ClN2OS. The zero-order valence-electron chi connectivity index (χ0n) is 9.53. The van der Waals surface area contributed by atoms with E-state index in [2.05, 4.69) is 12.2 Å². The standard InChI is InChI=1S/C11H16N2OS.ClH/c1-8-7-12-5-6-13(8)11(14)10-4-3-9(2)15-10;/h3-4,8,12H,5-7H2,1-2H3;1H/t8-;/m1./s1. The van der Waals surface area contributed by atoms with Gasteiger partial charge in [0.05, 0.1) is 4.88 Å². The first-order valence-corrected chi connectivity index (χ1v) is 6.08. The number of piperazine rings is 1. The SMILES string of the molecule is Cc1ccc(C(=O)N2CCNC[C@H]2C)s1.Cl. The molecule has 1 N–H and O–H groups in total. The van der Waals surface area contributed by atoms with E-state index in [1.807, 2.05) is 24.0 Å². The van der Waals surface area contributed by atoms with Gasteiger partial charge in [0.15, 0.2) is 0 Å². The number of nitrogens with zero attached hydrogens (tertiary/aromatic N) is 1. The van der Waals surface area contributed by atoms with Gasteiger partial charge in [-0.1, -0.05) is 0 Å². The fourth-order valence-electron chi connectivity index (χ4n) is 1.83. The first-order valence-electron chi connectivity index (χ1n) is 5.26. The Balaban J connectivity index is 0.00000128. The van der Waals surface area contributed by atoms with E-state index < -0.39 is 0 Å². The molecule has 1 amide bonds. The van der Waals surface area contributed by atoms with Crippen molar-refractivity contribution >= 4 is 29.7 Å². The van der Waals surface area contributed by atoms with Gasteiger partial charge in [0, 0.05) is 30.6 Å². The molecule has 90 valence electrons. The van der Waals surface area contributed by atoms with E-state index in [-0.39, 0.29) is 18.3 Å². The van der Waals surface area contributed by atoms with Crippen LogP contribution in [-0.4, -0.2) is 36.5 Å². The number of halogens is 1. The van der Waals surface area contributed by atoms with E-state index >= 15 is 0 Å². The molecule has 1 aromatic heterocycles. The summed E-state index contributed by atoms with van der Waals surface area (Å²) in [5, 5.41) is 3.29. The van der Waals surface area contributed by atoms with Crippen molar-refractivity contribution in [1.29, 1.82) is 0 Å². The molecule has 16 heavy (non-hydrogen) atoms. The molecule has 1 aliphatic rings. The Kier molecular flexibility index (Phi) is 4.77. The lowest BCUT2D eigenvalue weighted by Gasteiger charge is -2.33. The van der Waals surface area contributed by atoms with Gasteiger partial charge in [0.2, 0.25) is 0 Å². The quantitative estimate of drug-likeness (QED) is 0.837. The van der Waals surface area contributed by atoms with Crippen LogP contribution in [0.3, 0.4) is 0 Å². The molecule has 0 bridgehead atoms. The Labute approximate surface area is 106 Å². The normalized spacial score (nSPS) is 20.4. The first kappa shape index (κ1) is 13.5. The van der Waals surface area contributed by atoms with Crippen LogP contribution in [0, 0.1) is 6.92 Å². The van der Waals surface area contributed by atoms with Crippen molar-refractivity contribution < 1.29 is 4.79 Å². The summed E-state index contributed by atoms with van der Waals surface area (Å²) < 4.78 is 0. The van der Waals surface area contributed by atoms with E-state index in [1.165, 1.54) is 4.88 Å². The molecular weight excluding hydrogens is 244 g/mol. The van der Waals surface area contributed by atoms with Gasteiger partial charge in [-0.05, 0) is 26.0 Å². The third kappa shape index (κ3) is 2.75. The zero-order chi connectivity index (χ0) is 10.8. The van der Waals surface area contributed by atoms with Crippen LogP contribution in [0.1, 0.15) is 21.5 Å². The Hall–Kier alpha value is -0.580. The zero-order valence-corrected chi connectivity index (χ0v) is 11.2. The number of carbonyl (C=O) groups excluding carboxylic acids is 1. The maximum Gasteiger partial charge on any atom is 0.264 e. The van der Waals surface area contributed by atoms with Crippen molar-refractivity contribution in [3.63, 3.8) is 0 Å². The lowest BCUT2D eigenvalue weighted by molar-refractivity contribution is 0.0661. The number of rotatable bonds is 1. The van der Waals surface area contributed by atoms with Crippen LogP contribution < -0.4 is 5.32 Å².